The number of carbonyl (C=O) groups is 1. The maximum absolute atomic E-state index is 12.7. The Balaban J connectivity index is 1.59. The number of thiophene rings is 1. The van der Waals surface area contributed by atoms with Crippen LogP contribution in [-0.2, 0) is 0 Å². The van der Waals surface area contributed by atoms with Gasteiger partial charge in [-0.15, -0.1) is 22.7 Å². The van der Waals surface area contributed by atoms with Gasteiger partial charge in [0, 0.05) is 11.9 Å². The zero-order valence-corrected chi connectivity index (χ0v) is 15.4. The average molecular weight is 368 g/mol. The minimum absolute atomic E-state index is 0.00324. The van der Waals surface area contributed by atoms with Gasteiger partial charge in [0.15, 0.2) is 16.5 Å². The van der Waals surface area contributed by atoms with Gasteiger partial charge in [0.2, 0.25) is 0 Å². The van der Waals surface area contributed by atoms with E-state index in [1.807, 2.05) is 54.8 Å². The molecule has 0 aliphatic carbocycles. The summed E-state index contributed by atoms with van der Waals surface area (Å²) in [5.74, 6) is 0.829. The van der Waals surface area contributed by atoms with E-state index in [2.05, 4.69) is 4.98 Å². The fourth-order valence-corrected chi connectivity index (χ4v) is 4.37. The first-order valence-corrected chi connectivity index (χ1v) is 9.59. The maximum atomic E-state index is 12.7. The largest absolute Gasteiger partial charge is 0.448 e. The van der Waals surface area contributed by atoms with Crippen molar-refractivity contribution in [3.05, 3.63) is 64.5 Å². The van der Waals surface area contributed by atoms with Crippen molar-refractivity contribution in [1.82, 2.24) is 9.88 Å². The van der Waals surface area contributed by atoms with Crippen molar-refractivity contribution in [1.29, 1.82) is 0 Å². The average Bonchev–Trinajstić information content (AvgIpc) is 3.39. The van der Waals surface area contributed by atoms with Crippen LogP contribution in [0.2, 0.25) is 0 Å². The van der Waals surface area contributed by atoms with Crippen LogP contribution < -0.4 is 0 Å². The highest BCUT2D eigenvalue weighted by Crippen LogP contribution is 2.32. The van der Waals surface area contributed by atoms with Gasteiger partial charge in [-0.3, -0.25) is 4.79 Å². The number of rotatable bonds is 4. The quantitative estimate of drug-likeness (QED) is 0.481. The molecule has 0 radical (unpaired) electrons. The molecule has 0 bridgehead atoms. The molecule has 6 heteroatoms. The third-order valence-electron chi connectivity index (χ3n) is 4.18. The molecule has 1 aromatic carbocycles. The molecule has 1 atom stereocenters. The van der Waals surface area contributed by atoms with Gasteiger partial charge in [0.05, 0.1) is 16.3 Å². The van der Waals surface area contributed by atoms with Crippen molar-refractivity contribution in [2.75, 3.05) is 7.05 Å². The van der Waals surface area contributed by atoms with Crippen LogP contribution in [0.25, 0.3) is 21.0 Å². The summed E-state index contributed by atoms with van der Waals surface area (Å²) in [7, 11) is 1.80. The van der Waals surface area contributed by atoms with Crippen molar-refractivity contribution < 1.29 is 9.21 Å². The molecule has 1 unspecified atom stereocenters. The molecule has 0 saturated carbocycles. The predicted molar refractivity (Wildman–Crippen MR) is 102 cm³/mol. The Morgan fingerprint density at radius 3 is 2.76 bits per heavy atom. The molecular formula is C19H16N2O2S2. The number of para-hydroxylation sites is 1. The first-order chi connectivity index (χ1) is 12.1. The molecular weight excluding hydrogens is 352 g/mol. The molecule has 4 rings (SSSR count). The third kappa shape index (κ3) is 2.99. The summed E-state index contributed by atoms with van der Waals surface area (Å²) in [5, 5.41) is 2.80. The van der Waals surface area contributed by atoms with E-state index in [-0.39, 0.29) is 11.9 Å². The van der Waals surface area contributed by atoms with E-state index in [0.717, 1.165) is 20.1 Å². The number of fused-ring (bicyclic) bond motifs is 1. The van der Waals surface area contributed by atoms with Crippen LogP contribution in [0, 0.1) is 0 Å². The summed E-state index contributed by atoms with van der Waals surface area (Å²) >= 11 is 3.20. The topological polar surface area (TPSA) is 46.3 Å². The lowest BCUT2D eigenvalue weighted by Gasteiger charge is -2.22. The minimum atomic E-state index is -0.131. The van der Waals surface area contributed by atoms with Gasteiger partial charge in [-0.25, -0.2) is 4.98 Å². The molecule has 4 aromatic rings. The van der Waals surface area contributed by atoms with Gasteiger partial charge in [-0.05, 0) is 42.6 Å². The van der Waals surface area contributed by atoms with Crippen LogP contribution >= 0.6 is 22.7 Å². The molecule has 4 nitrogen and oxygen atoms in total. The van der Waals surface area contributed by atoms with Gasteiger partial charge < -0.3 is 9.32 Å². The Morgan fingerprint density at radius 2 is 2.00 bits per heavy atom. The summed E-state index contributed by atoms with van der Waals surface area (Å²) in [6.45, 7) is 2.02. The van der Waals surface area contributed by atoms with Gasteiger partial charge in [-0.1, -0.05) is 18.2 Å². The summed E-state index contributed by atoms with van der Waals surface area (Å²) in [6, 6.07) is 15.5. The molecule has 126 valence electrons. The number of carbonyl (C=O) groups excluding carboxylic acids is 1. The molecule has 25 heavy (non-hydrogen) atoms. The Labute approximate surface area is 153 Å². The zero-order chi connectivity index (χ0) is 17.4. The van der Waals surface area contributed by atoms with E-state index in [4.69, 9.17) is 4.42 Å². The van der Waals surface area contributed by atoms with Gasteiger partial charge in [0.1, 0.15) is 0 Å². The number of thiazole rings is 1. The van der Waals surface area contributed by atoms with Gasteiger partial charge in [-0.2, -0.15) is 0 Å². The Morgan fingerprint density at radius 1 is 1.16 bits per heavy atom. The summed E-state index contributed by atoms with van der Waals surface area (Å²) < 4.78 is 6.91. The second kappa shape index (κ2) is 6.46. The second-order valence-electron chi connectivity index (χ2n) is 5.76. The molecule has 1 amide bonds. The van der Waals surface area contributed by atoms with Crippen molar-refractivity contribution in [2.45, 2.75) is 13.0 Å². The lowest BCUT2D eigenvalue weighted by atomic mass is 10.2. The van der Waals surface area contributed by atoms with E-state index in [1.165, 1.54) is 0 Å². The standard InChI is InChI=1S/C19H16N2O2S2/c1-12(16-8-5-11-24-16)21(2)19(22)15-10-9-14(23-15)18-20-13-6-3-4-7-17(13)25-18/h3-12H,1-2H3. The molecule has 3 heterocycles. The normalized spacial score (nSPS) is 12.4. The summed E-state index contributed by atoms with van der Waals surface area (Å²) in [4.78, 5) is 20.1. The number of hydrogen-bond acceptors (Lipinski definition) is 5. The van der Waals surface area contributed by atoms with Crippen LogP contribution in [0.5, 0.6) is 0 Å². The number of furan rings is 1. The molecule has 0 aliphatic rings. The van der Waals surface area contributed by atoms with Crippen LogP contribution in [0.1, 0.15) is 28.4 Å². The van der Waals surface area contributed by atoms with E-state index >= 15 is 0 Å². The Kier molecular flexibility index (Phi) is 4.15. The van der Waals surface area contributed by atoms with Crippen LogP contribution in [0.4, 0.5) is 0 Å². The molecule has 0 spiro atoms. The fraction of sp³-hybridized carbons (Fsp3) is 0.158. The molecule has 0 saturated heterocycles. The smallest absolute Gasteiger partial charge is 0.289 e. The number of aromatic nitrogens is 1. The van der Waals surface area contributed by atoms with Crippen LogP contribution in [-0.4, -0.2) is 22.8 Å². The van der Waals surface area contributed by atoms with Crippen molar-refractivity contribution >= 4 is 38.8 Å². The van der Waals surface area contributed by atoms with E-state index in [0.29, 0.717) is 11.5 Å². The maximum Gasteiger partial charge on any atom is 0.289 e. The molecule has 0 N–H and O–H groups in total. The first-order valence-electron chi connectivity index (χ1n) is 7.90. The SMILES string of the molecule is CC(c1cccs1)N(C)C(=O)c1ccc(-c2nc3ccccc3s2)o1. The monoisotopic (exact) mass is 368 g/mol. The van der Waals surface area contributed by atoms with Gasteiger partial charge in [0.25, 0.3) is 5.91 Å². The molecule has 0 aliphatic heterocycles. The highest BCUT2D eigenvalue weighted by Gasteiger charge is 2.23. The highest BCUT2D eigenvalue weighted by atomic mass is 32.1. The molecule has 0 fully saturated rings. The Bertz CT molecular complexity index is 984. The lowest BCUT2D eigenvalue weighted by Crippen LogP contribution is -2.28. The number of nitrogens with zero attached hydrogens (tertiary/aromatic N) is 2. The van der Waals surface area contributed by atoms with E-state index < -0.39 is 0 Å². The van der Waals surface area contributed by atoms with Gasteiger partial charge >= 0.3 is 0 Å². The second-order valence-corrected chi connectivity index (χ2v) is 7.77. The summed E-state index contributed by atoms with van der Waals surface area (Å²) in [5.41, 5.74) is 0.940. The fourth-order valence-electron chi connectivity index (χ4n) is 2.61. The lowest BCUT2D eigenvalue weighted by molar-refractivity contribution is 0.0713. The first kappa shape index (κ1) is 16.1. The zero-order valence-electron chi connectivity index (χ0n) is 13.8. The highest BCUT2D eigenvalue weighted by molar-refractivity contribution is 7.21. The van der Waals surface area contributed by atoms with Crippen molar-refractivity contribution in [2.24, 2.45) is 0 Å². The van der Waals surface area contributed by atoms with E-state index in [1.54, 1.807) is 40.7 Å². The Hall–Kier alpha value is -2.44. The molecule has 3 aromatic heterocycles. The van der Waals surface area contributed by atoms with Crippen molar-refractivity contribution in [3.63, 3.8) is 0 Å². The summed E-state index contributed by atoms with van der Waals surface area (Å²) in [6.07, 6.45) is 0. The van der Waals surface area contributed by atoms with E-state index in [9.17, 15) is 4.79 Å². The number of amides is 1. The minimum Gasteiger partial charge on any atom is -0.448 e. The van der Waals surface area contributed by atoms with Crippen LogP contribution in [0.15, 0.2) is 58.3 Å². The van der Waals surface area contributed by atoms with Crippen molar-refractivity contribution in [3.8, 4) is 10.8 Å². The predicted octanol–water partition coefficient (Wildman–Crippen LogP) is 5.45. The third-order valence-corrected chi connectivity index (χ3v) is 6.27. The number of benzene rings is 1. The van der Waals surface area contributed by atoms with Crippen LogP contribution in [0.3, 0.4) is 0 Å². The number of hydrogen-bond donors (Lipinski definition) is 0.